The van der Waals surface area contributed by atoms with Gasteiger partial charge in [-0.05, 0) is 12.5 Å². The molecular formula is C12H18N2O3. The Balaban J connectivity index is 1.97. The van der Waals surface area contributed by atoms with Gasteiger partial charge in [-0.25, -0.2) is 0 Å². The lowest BCUT2D eigenvalue weighted by Gasteiger charge is -2.25. The number of nitrogens with zero attached hydrogens (tertiary/aromatic N) is 1. The number of nitrogens with one attached hydrogen (secondary N) is 1. The van der Waals surface area contributed by atoms with Crippen LogP contribution < -0.4 is 5.32 Å². The van der Waals surface area contributed by atoms with Crippen molar-refractivity contribution in [3.8, 4) is 0 Å². The lowest BCUT2D eigenvalue weighted by Crippen LogP contribution is -2.38. The maximum atomic E-state index is 8.91. The molecule has 2 N–H and O–H groups in total. The quantitative estimate of drug-likeness (QED) is 0.570. The number of hydrogen-bond acceptors (Lipinski definition) is 5. The summed E-state index contributed by atoms with van der Waals surface area (Å²) in [5.41, 5.74) is 1.78. The van der Waals surface area contributed by atoms with Crippen molar-refractivity contribution in [1.29, 1.82) is 0 Å². The Bertz CT molecular complexity index is 355. The van der Waals surface area contributed by atoms with Gasteiger partial charge >= 0.3 is 0 Å². The molecule has 1 saturated heterocycles. The number of hydrogen-bond donors (Lipinski definition) is 2. The van der Waals surface area contributed by atoms with Gasteiger partial charge in [0.25, 0.3) is 0 Å². The largest absolute Gasteiger partial charge is 0.495 e. The molecule has 17 heavy (non-hydrogen) atoms. The Labute approximate surface area is 101 Å². The summed E-state index contributed by atoms with van der Waals surface area (Å²) in [5, 5.41) is 15.5. The highest BCUT2D eigenvalue weighted by molar-refractivity contribution is 6.00. The van der Waals surface area contributed by atoms with Crippen LogP contribution in [0.3, 0.4) is 0 Å². The average molecular weight is 238 g/mol. The molecule has 0 aromatic carbocycles. The molecule has 0 amide bonds. The summed E-state index contributed by atoms with van der Waals surface area (Å²) in [4.78, 5) is 0. The van der Waals surface area contributed by atoms with E-state index in [0.717, 1.165) is 26.1 Å². The molecule has 1 atom stereocenters. The highest BCUT2D eigenvalue weighted by atomic mass is 16.5. The highest BCUT2D eigenvalue weighted by Crippen LogP contribution is 2.21. The summed E-state index contributed by atoms with van der Waals surface area (Å²) in [7, 11) is 1.57. The van der Waals surface area contributed by atoms with Gasteiger partial charge in [-0.1, -0.05) is 16.8 Å². The van der Waals surface area contributed by atoms with Crippen molar-refractivity contribution in [1.82, 2.24) is 5.32 Å². The summed E-state index contributed by atoms with van der Waals surface area (Å²) in [6, 6.07) is 0. The third-order valence-electron chi connectivity index (χ3n) is 2.98. The van der Waals surface area contributed by atoms with E-state index in [0.29, 0.717) is 17.9 Å². The van der Waals surface area contributed by atoms with Crippen LogP contribution in [0.25, 0.3) is 0 Å². The van der Waals surface area contributed by atoms with E-state index in [4.69, 9.17) is 14.7 Å². The molecule has 0 saturated carbocycles. The van der Waals surface area contributed by atoms with Crippen LogP contribution in [-0.2, 0) is 9.47 Å². The van der Waals surface area contributed by atoms with Crippen molar-refractivity contribution in [2.75, 3.05) is 26.8 Å². The molecule has 0 aromatic heterocycles. The molecule has 0 bridgehead atoms. The number of allylic oxidation sites excluding steroid dienone is 3. The maximum absolute atomic E-state index is 8.91. The lowest BCUT2D eigenvalue weighted by atomic mass is 9.96. The lowest BCUT2D eigenvalue weighted by molar-refractivity contribution is 0.0290. The average Bonchev–Trinajstić information content (AvgIpc) is 2.40. The molecule has 0 unspecified atom stereocenters. The summed E-state index contributed by atoms with van der Waals surface area (Å²) in [6.45, 7) is 2.56. The van der Waals surface area contributed by atoms with Crippen LogP contribution in [0.4, 0.5) is 0 Å². The van der Waals surface area contributed by atoms with E-state index in [1.54, 1.807) is 7.11 Å². The molecule has 0 aromatic rings. The molecule has 0 radical (unpaired) electrons. The van der Waals surface area contributed by atoms with E-state index < -0.39 is 0 Å². The Morgan fingerprint density at radius 1 is 1.59 bits per heavy atom. The molecular weight excluding hydrogens is 220 g/mol. The van der Waals surface area contributed by atoms with E-state index in [1.165, 1.54) is 5.57 Å². The first-order chi connectivity index (χ1) is 8.33. The summed E-state index contributed by atoms with van der Waals surface area (Å²) in [5.74, 6) is 0.624. The number of ether oxygens (including phenoxy) is 2. The normalized spacial score (nSPS) is 27.6. The molecule has 5 heteroatoms. The van der Waals surface area contributed by atoms with Gasteiger partial charge in [0.05, 0.1) is 19.8 Å². The van der Waals surface area contributed by atoms with Gasteiger partial charge in [-0.3, -0.25) is 0 Å². The van der Waals surface area contributed by atoms with E-state index in [2.05, 4.69) is 10.5 Å². The molecule has 1 aliphatic heterocycles. The Morgan fingerprint density at radius 3 is 3.12 bits per heavy atom. The first-order valence-electron chi connectivity index (χ1n) is 5.81. The summed E-state index contributed by atoms with van der Waals surface area (Å²) >= 11 is 0. The van der Waals surface area contributed by atoms with Gasteiger partial charge in [0, 0.05) is 19.5 Å². The fourth-order valence-corrected chi connectivity index (χ4v) is 2.10. The predicted molar refractivity (Wildman–Crippen MR) is 64.2 cm³/mol. The van der Waals surface area contributed by atoms with Gasteiger partial charge < -0.3 is 20.0 Å². The SMILES string of the molecule is COC1=CC=C(C[C@@H]2CNCCO2)C/C1=N/O. The Morgan fingerprint density at radius 2 is 2.47 bits per heavy atom. The fraction of sp³-hybridized carbons (Fsp3) is 0.583. The van der Waals surface area contributed by atoms with Crippen molar-refractivity contribution in [2.24, 2.45) is 5.16 Å². The number of rotatable bonds is 3. The number of methoxy groups -OCH3 is 1. The zero-order chi connectivity index (χ0) is 12.1. The second-order valence-electron chi connectivity index (χ2n) is 4.18. The Hall–Kier alpha value is -1.33. The van der Waals surface area contributed by atoms with Gasteiger partial charge in [0.1, 0.15) is 11.5 Å². The zero-order valence-electron chi connectivity index (χ0n) is 9.98. The minimum absolute atomic E-state index is 0.215. The van der Waals surface area contributed by atoms with Crippen LogP contribution in [0.15, 0.2) is 28.6 Å². The second kappa shape index (κ2) is 5.84. The van der Waals surface area contributed by atoms with Gasteiger partial charge in [0.2, 0.25) is 0 Å². The molecule has 0 spiro atoms. The highest BCUT2D eigenvalue weighted by Gasteiger charge is 2.20. The van der Waals surface area contributed by atoms with Crippen LogP contribution in [0, 0.1) is 0 Å². The fourth-order valence-electron chi connectivity index (χ4n) is 2.10. The van der Waals surface area contributed by atoms with Crippen LogP contribution in [0.2, 0.25) is 0 Å². The summed E-state index contributed by atoms with van der Waals surface area (Å²) in [6.07, 6.45) is 5.55. The van der Waals surface area contributed by atoms with Crippen LogP contribution in [0.1, 0.15) is 12.8 Å². The van der Waals surface area contributed by atoms with Crippen LogP contribution >= 0.6 is 0 Å². The van der Waals surface area contributed by atoms with Gasteiger partial charge in [-0.2, -0.15) is 0 Å². The van der Waals surface area contributed by atoms with E-state index in [1.807, 2.05) is 12.2 Å². The monoisotopic (exact) mass is 238 g/mol. The Kier molecular flexibility index (Phi) is 4.17. The first kappa shape index (κ1) is 12.1. The van der Waals surface area contributed by atoms with Gasteiger partial charge in [0.15, 0.2) is 0 Å². The molecule has 5 nitrogen and oxygen atoms in total. The van der Waals surface area contributed by atoms with Crippen molar-refractivity contribution in [2.45, 2.75) is 18.9 Å². The third-order valence-corrected chi connectivity index (χ3v) is 2.98. The molecule has 94 valence electrons. The standard InChI is InChI=1S/C12H18N2O3/c1-16-12-3-2-9(7-11(12)14-15)6-10-8-13-4-5-17-10/h2-3,10,13,15H,4-8H2,1H3/b14-11-/t10-/m1/s1. The second-order valence-corrected chi connectivity index (χ2v) is 4.18. The van der Waals surface area contributed by atoms with Crippen LogP contribution in [0.5, 0.6) is 0 Å². The third kappa shape index (κ3) is 3.08. The molecule has 2 rings (SSSR count). The first-order valence-corrected chi connectivity index (χ1v) is 5.81. The molecule has 1 aliphatic carbocycles. The topological polar surface area (TPSA) is 63.1 Å². The minimum atomic E-state index is 0.215. The predicted octanol–water partition coefficient (Wildman–Crippen LogP) is 1.06. The molecule has 2 aliphatic rings. The number of morpholine rings is 1. The van der Waals surface area contributed by atoms with Crippen molar-refractivity contribution in [3.05, 3.63) is 23.5 Å². The number of oxime groups is 1. The van der Waals surface area contributed by atoms with E-state index >= 15 is 0 Å². The van der Waals surface area contributed by atoms with Gasteiger partial charge in [-0.15, -0.1) is 0 Å². The van der Waals surface area contributed by atoms with Crippen molar-refractivity contribution >= 4 is 5.71 Å². The smallest absolute Gasteiger partial charge is 0.144 e. The molecule has 1 fully saturated rings. The van der Waals surface area contributed by atoms with Crippen molar-refractivity contribution in [3.63, 3.8) is 0 Å². The van der Waals surface area contributed by atoms with Crippen molar-refractivity contribution < 1.29 is 14.7 Å². The maximum Gasteiger partial charge on any atom is 0.144 e. The summed E-state index contributed by atoms with van der Waals surface area (Å²) < 4.78 is 10.8. The zero-order valence-corrected chi connectivity index (χ0v) is 9.98. The van der Waals surface area contributed by atoms with E-state index in [9.17, 15) is 0 Å². The van der Waals surface area contributed by atoms with E-state index in [-0.39, 0.29) is 6.10 Å². The van der Waals surface area contributed by atoms with Crippen LogP contribution in [-0.4, -0.2) is 43.8 Å². The minimum Gasteiger partial charge on any atom is -0.495 e. The molecule has 1 heterocycles.